The Hall–Kier alpha value is -4.80. The molecule has 9 rings (SSSR count). The molecule has 0 aliphatic heterocycles. The lowest BCUT2D eigenvalue weighted by atomic mass is 9.82. The van der Waals surface area contributed by atoms with E-state index in [1.807, 2.05) is 6.07 Å². The molecule has 41 heavy (non-hydrogen) atoms. The number of fused-ring (bicyclic) bond motifs is 9. The average molecular weight is 544 g/mol. The van der Waals surface area contributed by atoms with Crippen molar-refractivity contribution in [2.45, 2.75) is 19.3 Å². The second kappa shape index (κ2) is 8.12. The highest BCUT2D eigenvalue weighted by Crippen LogP contribution is 2.51. The number of benzene rings is 5. The number of hydrogen-bond acceptors (Lipinski definition) is 3. The van der Waals surface area contributed by atoms with E-state index in [0.29, 0.717) is 0 Å². The van der Waals surface area contributed by atoms with Crippen molar-refractivity contribution in [2.75, 3.05) is 0 Å². The highest BCUT2D eigenvalue weighted by molar-refractivity contribution is 7.25. The summed E-state index contributed by atoms with van der Waals surface area (Å²) in [4.78, 5) is 11.5. The summed E-state index contributed by atoms with van der Waals surface area (Å²) in [5, 5.41) is 4.79. The molecule has 5 aromatic carbocycles. The van der Waals surface area contributed by atoms with Crippen LogP contribution in [0.4, 0.5) is 0 Å². The van der Waals surface area contributed by atoms with Crippen LogP contribution in [0.15, 0.2) is 115 Å². The first-order valence-corrected chi connectivity index (χ1v) is 14.8. The minimum absolute atomic E-state index is 0.0906. The molecule has 0 radical (unpaired) electrons. The summed E-state index contributed by atoms with van der Waals surface area (Å²) < 4.78 is 3.61. The maximum atomic E-state index is 5.36. The van der Waals surface area contributed by atoms with Gasteiger partial charge in [0.25, 0.3) is 0 Å². The first-order chi connectivity index (χ1) is 20.1. The fourth-order valence-corrected chi connectivity index (χ4v) is 7.94. The molecule has 1 aliphatic rings. The fourth-order valence-electron chi connectivity index (χ4n) is 6.87. The third kappa shape index (κ3) is 3.08. The molecule has 0 bridgehead atoms. The van der Waals surface area contributed by atoms with Crippen molar-refractivity contribution in [3.63, 3.8) is 0 Å². The van der Waals surface area contributed by atoms with Crippen LogP contribution in [0.5, 0.6) is 0 Å². The van der Waals surface area contributed by atoms with Gasteiger partial charge in [-0.1, -0.05) is 105 Å². The second-order valence-electron chi connectivity index (χ2n) is 11.5. The molecule has 8 aromatic rings. The lowest BCUT2D eigenvalue weighted by Crippen LogP contribution is -2.15. The monoisotopic (exact) mass is 543 g/mol. The first-order valence-electron chi connectivity index (χ1n) is 14.0. The summed E-state index contributed by atoms with van der Waals surface area (Å²) in [5.74, 6) is 1.69. The molecule has 0 spiro atoms. The normalized spacial score (nSPS) is 13.8. The van der Waals surface area contributed by atoms with E-state index in [2.05, 4.69) is 128 Å². The molecule has 0 saturated heterocycles. The molecule has 0 atom stereocenters. The molecular formula is C37H25N3S. The Labute approximate surface area is 241 Å². The molecule has 0 N–H and O–H groups in total. The van der Waals surface area contributed by atoms with Crippen molar-refractivity contribution in [3.05, 3.63) is 126 Å². The zero-order valence-corrected chi connectivity index (χ0v) is 23.5. The molecular weight excluding hydrogens is 518 g/mol. The molecule has 0 fully saturated rings. The van der Waals surface area contributed by atoms with Crippen molar-refractivity contribution in [1.29, 1.82) is 0 Å². The van der Waals surface area contributed by atoms with Crippen molar-refractivity contribution in [3.8, 4) is 28.3 Å². The van der Waals surface area contributed by atoms with Gasteiger partial charge in [-0.2, -0.15) is 0 Å². The molecule has 0 amide bonds. The smallest absolute Gasteiger partial charge is 0.163 e. The van der Waals surface area contributed by atoms with Crippen LogP contribution in [0.2, 0.25) is 0 Å². The summed E-state index contributed by atoms with van der Waals surface area (Å²) in [6.07, 6.45) is 0. The Bertz CT molecular complexity index is 2340. The largest absolute Gasteiger partial charge is 0.293 e. The van der Waals surface area contributed by atoms with Gasteiger partial charge in [0, 0.05) is 31.8 Å². The van der Waals surface area contributed by atoms with Crippen LogP contribution in [0.25, 0.3) is 70.4 Å². The predicted octanol–water partition coefficient (Wildman–Crippen LogP) is 9.91. The number of nitrogens with zero attached hydrogens (tertiary/aromatic N) is 3. The van der Waals surface area contributed by atoms with Gasteiger partial charge in [-0.25, -0.2) is 9.97 Å². The maximum absolute atomic E-state index is 5.36. The average Bonchev–Trinajstić information content (AvgIpc) is 3.62. The topological polar surface area (TPSA) is 30.7 Å². The van der Waals surface area contributed by atoms with Gasteiger partial charge < -0.3 is 0 Å². The van der Waals surface area contributed by atoms with Gasteiger partial charge in [-0.3, -0.25) is 4.57 Å². The maximum Gasteiger partial charge on any atom is 0.163 e. The van der Waals surface area contributed by atoms with Crippen molar-refractivity contribution < 1.29 is 0 Å². The van der Waals surface area contributed by atoms with Crippen LogP contribution >= 0.6 is 11.3 Å². The lowest BCUT2D eigenvalue weighted by Gasteiger charge is -2.21. The summed E-state index contributed by atoms with van der Waals surface area (Å²) in [7, 11) is 0. The Morgan fingerprint density at radius 3 is 2.22 bits per heavy atom. The third-order valence-electron chi connectivity index (χ3n) is 8.84. The number of thiophene rings is 1. The Morgan fingerprint density at radius 2 is 1.34 bits per heavy atom. The predicted molar refractivity (Wildman–Crippen MR) is 172 cm³/mol. The van der Waals surface area contributed by atoms with Crippen LogP contribution in [0, 0.1) is 0 Å². The number of hydrogen-bond donors (Lipinski definition) is 0. The van der Waals surface area contributed by atoms with E-state index in [4.69, 9.17) is 9.97 Å². The fraction of sp³-hybridized carbons (Fsp3) is 0.0811. The number of rotatable bonds is 2. The van der Waals surface area contributed by atoms with Gasteiger partial charge in [0.1, 0.15) is 4.83 Å². The summed E-state index contributed by atoms with van der Waals surface area (Å²) in [6.45, 7) is 4.69. The van der Waals surface area contributed by atoms with Crippen LogP contribution in [0.3, 0.4) is 0 Å². The molecule has 194 valence electrons. The van der Waals surface area contributed by atoms with E-state index in [1.54, 1.807) is 11.3 Å². The van der Waals surface area contributed by atoms with E-state index >= 15 is 0 Å². The van der Waals surface area contributed by atoms with Crippen LogP contribution < -0.4 is 0 Å². The molecule has 4 heteroatoms. The van der Waals surface area contributed by atoms with Gasteiger partial charge >= 0.3 is 0 Å². The summed E-state index contributed by atoms with van der Waals surface area (Å²) in [6, 6.07) is 41.4. The molecule has 1 aliphatic carbocycles. The van der Waals surface area contributed by atoms with E-state index in [9.17, 15) is 0 Å². The van der Waals surface area contributed by atoms with Crippen molar-refractivity contribution in [1.82, 2.24) is 14.5 Å². The quantitative estimate of drug-likeness (QED) is 0.217. The van der Waals surface area contributed by atoms with E-state index in [1.165, 1.54) is 48.6 Å². The minimum atomic E-state index is -0.0906. The Balaban J connectivity index is 1.46. The van der Waals surface area contributed by atoms with Crippen LogP contribution in [-0.2, 0) is 5.41 Å². The van der Waals surface area contributed by atoms with Gasteiger partial charge in [0.15, 0.2) is 11.6 Å². The Kier molecular flexibility index (Phi) is 4.55. The SMILES string of the molecule is CC1(C)c2ccccc2-c2cc3c4ccccc4n(-c4nc(-c5ccccc5)nc5sc6ccccc6c45)c3cc21. The standard InChI is InChI=1S/C37H25N3S/c1-37(2)28-17-9-6-14-23(28)26-20-27-24-15-7-10-18-30(24)40(31(27)21-29(26)37)35-33-25-16-8-11-19-32(25)41-36(33)39-34(38-35)22-12-4-3-5-13-22/h3-21H,1-2H3. The third-order valence-corrected chi connectivity index (χ3v) is 9.90. The summed E-state index contributed by atoms with van der Waals surface area (Å²) in [5.41, 5.74) is 8.69. The molecule has 0 unspecified atom stereocenters. The number of aromatic nitrogens is 3. The molecule has 3 aromatic heterocycles. The second-order valence-corrected chi connectivity index (χ2v) is 12.5. The highest BCUT2D eigenvalue weighted by atomic mass is 32.1. The van der Waals surface area contributed by atoms with Gasteiger partial charge in [0.05, 0.1) is 16.4 Å². The first kappa shape index (κ1) is 23.0. The zero-order chi connectivity index (χ0) is 27.3. The molecule has 3 nitrogen and oxygen atoms in total. The number of para-hydroxylation sites is 1. The van der Waals surface area contributed by atoms with Crippen molar-refractivity contribution >= 4 is 53.4 Å². The van der Waals surface area contributed by atoms with Gasteiger partial charge in [-0.15, -0.1) is 11.3 Å². The molecule has 3 heterocycles. The zero-order valence-electron chi connectivity index (χ0n) is 22.7. The van der Waals surface area contributed by atoms with Gasteiger partial charge in [-0.05, 0) is 46.5 Å². The lowest BCUT2D eigenvalue weighted by molar-refractivity contribution is 0.661. The minimum Gasteiger partial charge on any atom is -0.293 e. The van der Waals surface area contributed by atoms with E-state index in [-0.39, 0.29) is 5.41 Å². The van der Waals surface area contributed by atoms with E-state index in [0.717, 1.165) is 32.9 Å². The van der Waals surface area contributed by atoms with Gasteiger partial charge in [0.2, 0.25) is 0 Å². The Morgan fingerprint density at radius 1 is 0.610 bits per heavy atom. The van der Waals surface area contributed by atoms with Crippen LogP contribution in [-0.4, -0.2) is 14.5 Å². The molecule has 0 saturated carbocycles. The van der Waals surface area contributed by atoms with E-state index < -0.39 is 0 Å². The summed E-state index contributed by atoms with van der Waals surface area (Å²) >= 11 is 1.74. The van der Waals surface area contributed by atoms with Crippen molar-refractivity contribution in [2.24, 2.45) is 0 Å². The highest BCUT2D eigenvalue weighted by Gasteiger charge is 2.36. The van der Waals surface area contributed by atoms with Crippen LogP contribution in [0.1, 0.15) is 25.0 Å².